The van der Waals surface area contributed by atoms with Crippen molar-refractivity contribution in [3.8, 4) is 0 Å². The van der Waals surface area contributed by atoms with Crippen LogP contribution >= 0.6 is 24.8 Å². The number of nitrogens with zero attached hydrogens (tertiary/aromatic N) is 2. The maximum absolute atomic E-state index is 11.5. The van der Waals surface area contributed by atoms with E-state index in [9.17, 15) is 4.79 Å². The number of rotatable bonds is 3. The molecule has 0 bridgehead atoms. The van der Waals surface area contributed by atoms with Crippen molar-refractivity contribution in [2.45, 2.75) is 31.8 Å². The van der Waals surface area contributed by atoms with Crippen molar-refractivity contribution in [3.63, 3.8) is 0 Å². The van der Waals surface area contributed by atoms with Gasteiger partial charge in [0.15, 0.2) is 0 Å². The van der Waals surface area contributed by atoms with Gasteiger partial charge in [-0.3, -0.25) is 4.79 Å². The van der Waals surface area contributed by atoms with Gasteiger partial charge in [0.05, 0.1) is 6.04 Å². The molecule has 1 aromatic heterocycles. The van der Waals surface area contributed by atoms with Crippen LogP contribution in [0.2, 0.25) is 0 Å². The van der Waals surface area contributed by atoms with Crippen LogP contribution in [0.15, 0.2) is 24.4 Å². The number of halogens is 2. The largest absolute Gasteiger partial charge is 0.356 e. The lowest BCUT2D eigenvalue weighted by atomic mass is 10.0. The minimum atomic E-state index is -0.432. The standard InChI is InChI=1S/C13H20N4O.2ClH/c1-10(14)13(18)16-11-5-8-17(9-6-11)12-4-2-3-7-15-12;;/h2-4,7,10-11H,5-6,8-9,14H2,1H3,(H,16,18);2*1H/t10-;;/m1../s1. The topological polar surface area (TPSA) is 71.2 Å². The molecule has 5 nitrogen and oxygen atoms in total. The SMILES string of the molecule is C[C@@H](N)C(=O)NC1CCN(c2ccccn2)CC1.Cl.Cl. The maximum atomic E-state index is 11.5. The molecule has 2 heterocycles. The number of hydrogen-bond acceptors (Lipinski definition) is 4. The molecule has 114 valence electrons. The third-order valence-corrected chi connectivity index (χ3v) is 3.23. The number of amides is 1. The second-order valence-electron chi connectivity index (χ2n) is 4.75. The van der Waals surface area contributed by atoms with Gasteiger partial charge in [0.2, 0.25) is 5.91 Å². The zero-order valence-electron chi connectivity index (χ0n) is 11.5. The van der Waals surface area contributed by atoms with Gasteiger partial charge in [0.1, 0.15) is 5.82 Å². The number of carbonyl (C=O) groups is 1. The number of nitrogens with one attached hydrogen (secondary N) is 1. The van der Waals surface area contributed by atoms with Crippen LogP contribution in [0.3, 0.4) is 0 Å². The Labute approximate surface area is 132 Å². The van der Waals surface area contributed by atoms with Gasteiger partial charge in [0.25, 0.3) is 0 Å². The van der Waals surface area contributed by atoms with Crippen LogP contribution in [0, 0.1) is 0 Å². The molecule has 1 saturated heterocycles. The molecule has 7 heteroatoms. The fraction of sp³-hybridized carbons (Fsp3) is 0.538. The summed E-state index contributed by atoms with van der Waals surface area (Å²) in [4.78, 5) is 18.1. The molecule has 0 spiro atoms. The molecule has 1 aromatic rings. The van der Waals surface area contributed by atoms with Crippen LogP contribution in [-0.4, -0.2) is 36.1 Å². The van der Waals surface area contributed by atoms with E-state index < -0.39 is 6.04 Å². The van der Waals surface area contributed by atoms with Crippen LogP contribution in [0.1, 0.15) is 19.8 Å². The molecule has 1 atom stereocenters. The lowest BCUT2D eigenvalue weighted by Gasteiger charge is -2.33. The monoisotopic (exact) mass is 320 g/mol. The second-order valence-corrected chi connectivity index (χ2v) is 4.75. The van der Waals surface area contributed by atoms with E-state index in [-0.39, 0.29) is 36.8 Å². The summed E-state index contributed by atoms with van der Waals surface area (Å²) in [6.07, 6.45) is 3.68. The average Bonchev–Trinajstić information content (AvgIpc) is 2.40. The highest BCUT2D eigenvalue weighted by Crippen LogP contribution is 2.17. The van der Waals surface area contributed by atoms with Gasteiger partial charge >= 0.3 is 0 Å². The Hall–Kier alpha value is -1.04. The van der Waals surface area contributed by atoms with E-state index in [4.69, 9.17) is 5.73 Å². The van der Waals surface area contributed by atoms with Gasteiger partial charge in [-0.1, -0.05) is 6.07 Å². The van der Waals surface area contributed by atoms with E-state index in [1.165, 1.54) is 0 Å². The number of aromatic nitrogens is 1. The molecule has 0 saturated carbocycles. The predicted molar refractivity (Wildman–Crippen MR) is 85.8 cm³/mol. The van der Waals surface area contributed by atoms with Crippen molar-refractivity contribution in [1.82, 2.24) is 10.3 Å². The number of hydrogen-bond donors (Lipinski definition) is 2. The first-order valence-electron chi connectivity index (χ1n) is 6.39. The molecule has 2 rings (SSSR count). The molecule has 3 N–H and O–H groups in total. The molecule has 0 aromatic carbocycles. The summed E-state index contributed by atoms with van der Waals surface area (Å²) in [6, 6.07) is 5.73. The lowest BCUT2D eigenvalue weighted by Crippen LogP contribution is -2.49. The van der Waals surface area contributed by atoms with Crippen LogP contribution in [0.25, 0.3) is 0 Å². The van der Waals surface area contributed by atoms with Crippen molar-refractivity contribution in [1.29, 1.82) is 0 Å². The minimum Gasteiger partial charge on any atom is -0.356 e. The van der Waals surface area contributed by atoms with Crippen LogP contribution in [0.4, 0.5) is 5.82 Å². The number of carbonyl (C=O) groups excluding carboxylic acids is 1. The summed E-state index contributed by atoms with van der Waals surface area (Å²) in [5, 5.41) is 2.98. The van der Waals surface area contributed by atoms with E-state index >= 15 is 0 Å². The van der Waals surface area contributed by atoms with Gasteiger partial charge < -0.3 is 16.0 Å². The van der Waals surface area contributed by atoms with Crippen molar-refractivity contribution in [2.24, 2.45) is 5.73 Å². The Morgan fingerprint density at radius 1 is 1.40 bits per heavy atom. The average molecular weight is 321 g/mol. The maximum Gasteiger partial charge on any atom is 0.236 e. The fourth-order valence-corrected chi connectivity index (χ4v) is 2.13. The third kappa shape index (κ3) is 5.15. The minimum absolute atomic E-state index is 0. The highest BCUT2D eigenvalue weighted by molar-refractivity contribution is 5.85. The quantitative estimate of drug-likeness (QED) is 0.882. The number of nitrogens with two attached hydrogens (primary N) is 1. The molecular weight excluding hydrogens is 299 g/mol. The van der Waals surface area contributed by atoms with Crippen molar-refractivity contribution in [3.05, 3.63) is 24.4 Å². The summed E-state index contributed by atoms with van der Waals surface area (Å²) < 4.78 is 0. The van der Waals surface area contributed by atoms with E-state index in [2.05, 4.69) is 15.2 Å². The zero-order valence-corrected chi connectivity index (χ0v) is 13.1. The summed E-state index contributed by atoms with van der Waals surface area (Å²) in [5.41, 5.74) is 5.54. The molecule has 0 unspecified atom stereocenters. The van der Waals surface area contributed by atoms with Crippen LogP contribution < -0.4 is 16.0 Å². The summed E-state index contributed by atoms with van der Waals surface area (Å²) >= 11 is 0. The van der Waals surface area contributed by atoms with Crippen LogP contribution in [0.5, 0.6) is 0 Å². The van der Waals surface area contributed by atoms with Gasteiger partial charge in [-0.15, -0.1) is 24.8 Å². The Morgan fingerprint density at radius 3 is 2.55 bits per heavy atom. The first-order valence-corrected chi connectivity index (χ1v) is 6.39. The molecule has 1 amide bonds. The summed E-state index contributed by atoms with van der Waals surface area (Å²) in [7, 11) is 0. The Kier molecular flexibility index (Phi) is 8.53. The normalized spacial score (nSPS) is 16.6. The molecule has 1 fully saturated rings. The van der Waals surface area contributed by atoms with E-state index in [0.717, 1.165) is 31.7 Å². The van der Waals surface area contributed by atoms with E-state index in [1.807, 2.05) is 18.2 Å². The van der Waals surface area contributed by atoms with Crippen molar-refractivity contribution >= 4 is 36.5 Å². The van der Waals surface area contributed by atoms with E-state index in [0.29, 0.717) is 0 Å². The summed E-state index contributed by atoms with van der Waals surface area (Å²) in [6.45, 7) is 3.54. The molecule has 1 aliphatic rings. The first-order chi connectivity index (χ1) is 8.66. The Bertz CT molecular complexity index is 395. The van der Waals surface area contributed by atoms with Crippen molar-refractivity contribution < 1.29 is 4.79 Å². The molecule has 20 heavy (non-hydrogen) atoms. The van der Waals surface area contributed by atoms with Gasteiger partial charge in [-0.2, -0.15) is 0 Å². The van der Waals surface area contributed by atoms with Crippen LogP contribution in [-0.2, 0) is 4.79 Å². The van der Waals surface area contributed by atoms with E-state index in [1.54, 1.807) is 13.1 Å². The number of piperidine rings is 1. The summed E-state index contributed by atoms with van der Waals surface area (Å²) in [5.74, 6) is 0.945. The fourth-order valence-electron chi connectivity index (χ4n) is 2.13. The Morgan fingerprint density at radius 2 is 2.05 bits per heavy atom. The van der Waals surface area contributed by atoms with Gasteiger partial charge in [0, 0.05) is 25.3 Å². The first kappa shape index (κ1) is 19.0. The number of pyridine rings is 1. The third-order valence-electron chi connectivity index (χ3n) is 3.23. The predicted octanol–water partition coefficient (Wildman–Crippen LogP) is 1.36. The molecular formula is C13H22Cl2N4O. The molecule has 0 radical (unpaired) electrons. The highest BCUT2D eigenvalue weighted by Gasteiger charge is 2.22. The molecule has 0 aliphatic carbocycles. The lowest BCUT2D eigenvalue weighted by molar-refractivity contribution is -0.122. The molecule has 1 aliphatic heterocycles. The van der Waals surface area contributed by atoms with Crippen molar-refractivity contribution in [2.75, 3.05) is 18.0 Å². The zero-order chi connectivity index (χ0) is 13.0. The smallest absolute Gasteiger partial charge is 0.236 e. The Balaban J connectivity index is 0.00000180. The highest BCUT2D eigenvalue weighted by atomic mass is 35.5. The van der Waals surface area contributed by atoms with Gasteiger partial charge in [-0.05, 0) is 31.9 Å². The number of anilines is 1. The second kappa shape index (κ2) is 9.00. The van der Waals surface area contributed by atoms with Gasteiger partial charge in [-0.25, -0.2) is 4.98 Å².